The average molecular weight is 286 g/mol. The first-order chi connectivity index (χ1) is 7.39. The average Bonchev–Trinajstić information content (AvgIpc) is 2.21. The highest BCUT2D eigenvalue weighted by atomic mass is 79.9. The van der Waals surface area contributed by atoms with E-state index in [0.717, 1.165) is 10.0 Å². The van der Waals surface area contributed by atoms with Crippen molar-refractivity contribution in [3.8, 4) is 0 Å². The van der Waals surface area contributed by atoms with Gasteiger partial charge < -0.3 is 10.4 Å². The lowest BCUT2D eigenvalue weighted by atomic mass is 9.80. The largest absolute Gasteiger partial charge is 0.481 e. The van der Waals surface area contributed by atoms with E-state index in [1.807, 2.05) is 24.3 Å². The van der Waals surface area contributed by atoms with Crippen LogP contribution in [0, 0.1) is 5.41 Å². The van der Waals surface area contributed by atoms with Crippen molar-refractivity contribution in [1.82, 2.24) is 5.32 Å². The molecule has 0 saturated heterocycles. The molecule has 0 aromatic heterocycles. The number of carboxylic acid groups (broad SMARTS) is 1. The molecule has 0 saturated carbocycles. The SMILES string of the molecule is CNC(c1ccc(Br)cc1)C(C)(C)C(=O)O. The number of hydrogen-bond donors (Lipinski definition) is 2. The van der Waals surface area contributed by atoms with E-state index in [9.17, 15) is 9.90 Å². The Morgan fingerprint density at radius 1 is 1.38 bits per heavy atom. The van der Waals surface area contributed by atoms with Crippen molar-refractivity contribution in [2.45, 2.75) is 19.9 Å². The number of hydrogen-bond acceptors (Lipinski definition) is 2. The van der Waals surface area contributed by atoms with Crippen LogP contribution >= 0.6 is 15.9 Å². The molecule has 0 aliphatic carbocycles. The van der Waals surface area contributed by atoms with E-state index in [0.29, 0.717) is 0 Å². The molecular weight excluding hydrogens is 270 g/mol. The molecule has 3 nitrogen and oxygen atoms in total. The van der Waals surface area contributed by atoms with Gasteiger partial charge in [-0.15, -0.1) is 0 Å². The Hall–Kier alpha value is -0.870. The lowest BCUT2D eigenvalue weighted by molar-refractivity contribution is -0.148. The highest BCUT2D eigenvalue weighted by molar-refractivity contribution is 9.10. The number of aliphatic carboxylic acids is 1. The maximum Gasteiger partial charge on any atom is 0.311 e. The van der Waals surface area contributed by atoms with Crippen molar-refractivity contribution in [2.24, 2.45) is 5.41 Å². The summed E-state index contributed by atoms with van der Waals surface area (Å²) in [4.78, 5) is 11.2. The summed E-state index contributed by atoms with van der Waals surface area (Å²) in [5.41, 5.74) is 0.126. The Bertz CT molecular complexity index is 373. The normalized spacial score (nSPS) is 13.5. The summed E-state index contributed by atoms with van der Waals surface area (Å²) in [6.07, 6.45) is 0. The molecule has 88 valence electrons. The molecule has 0 amide bonds. The predicted molar refractivity (Wildman–Crippen MR) is 67.4 cm³/mol. The van der Waals surface area contributed by atoms with E-state index < -0.39 is 11.4 Å². The standard InChI is InChI=1S/C12H16BrNO2/c1-12(2,11(15)16)10(14-3)8-4-6-9(13)7-5-8/h4-7,10,14H,1-3H3,(H,15,16). The van der Waals surface area contributed by atoms with Crippen LogP contribution in [0.1, 0.15) is 25.5 Å². The van der Waals surface area contributed by atoms with Crippen molar-refractivity contribution < 1.29 is 9.90 Å². The fourth-order valence-electron chi connectivity index (χ4n) is 1.72. The van der Waals surface area contributed by atoms with Crippen molar-refractivity contribution in [1.29, 1.82) is 0 Å². The molecule has 0 spiro atoms. The predicted octanol–water partition coefficient (Wildman–Crippen LogP) is 2.82. The first kappa shape index (κ1) is 13.2. The molecule has 1 aromatic carbocycles. The van der Waals surface area contributed by atoms with Crippen LogP contribution in [0.3, 0.4) is 0 Å². The molecule has 0 aliphatic rings. The Kier molecular flexibility index (Phi) is 4.10. The van der Waals surface area contributed by atoms with Crippen LogP contribution in [0.15, 0.2) is 28.7 Å². The second-order valence-electron chi connectivity index (χ2n) is 4.30. The highest BCUT2D eigenvalue weighted by Gasteiger charge is 2.36. The molecule has 4 heteroatoms. The highest BCUT2D eigenvalue weighted by Crippen LogP contribution is 2.33. The summed E-state index contributed by atoms with van der Waals surface area (Å²) in [5, 5.41) is 12.3. The fraction of sp³-hybridized carbons (Fsp3) is 0.417. The lowest BCUT2D eigenvalue weighted by Crippen LogP contribution is -2.38. The first-order valence-electron chi connectivity index (χ1n) is 5.05. The zero-order chi connectivity index (χ0) is 12.3. The van der Waals surface area contributed by atoms with Gasteiger partial charge in [-0.05, 0) is 38.6 Å². The summed E-state index contributed by atoms with van der Waals surface area (Å²) >= 11 is 3.36. The smallest absolute Gasteiger partial charge is 0.311 e. The molecule has 0 heterocycles. The van der Waals surface area contributed by atoms with Gasteiger partial charge in [0.15, 0.2) is 0 Å². The molecule has 1 rings (SSSR count). The molecule has 0 fully saturated rings. The summed E-state index contributed by atoms with van der Waals surface area (Å²) in [7, 11) is 1.78. The van der Waals surface area contributed by atoms with E-state index in [1.165, 1.54) is 0 Å². The molecular formula is C12H16BrNO2. The van der Waals surface area contributed by atoms with Gasteiger partial charge in [-0.1, -0.05) is 28.1 Å². The second kappa shape index (κ2) is 4.97. The van der Waals surface area contributed by atoms with Gasteiger partial charge in [0.1, 0.15) is 0 Å². The summed E-state index contributed by atoms with van der Waals surface area (Å²) in [6.45, 7) is 3.44. The van der Waals surface area contributed by atoms with E-state index in [4.69, 9.17) is 0 Å². The third-order valence-electron chi connectivity index (χ3n) is 2.76. The fourth-order valence-corrected chi connectivity index (χ4v) is 1.99. The van der Waals surface area contributed by atoms with Crippen LogP contribution in [-0.2, 0) is 4.79 Å². The second-order valence-corrected chi connectivity index (χ2v) is 5.22. The van der Waals surface area contributed by atoms with Crippen molar-refractivity contribution in [3.05, 3.63) is 34.3 Å². The molecule has 1 atom stereocenters. The van der Waals surface area contributed by atoms with Gasteiger partial charge in [0.2, 0.25) is 0 Å². The van der Waals surface area contributed by atoms with Crippen LogP contribution in [0.2, 0.25) is 0 Å². The monoisotopic (exact) mass is 285 g/mol. The minimum Gasteiger partial charge on any atom is -0.481 e. The van der Waals surface area contributed by atoms with Crippen LogP contribution in [-0.4, -0.2) is 18.1 Å². The van der Waals surface area contributed by atoms with Gasteiger partial charge >= 0.3 is 5.97 Å². The molecule has 0 bridgehead atoms. The summed E-state index contributed by atoms with van der Waals surface area (Å²) < 4.78 is 0.985. The van der Waals surface area contributed by atoms with Gasteiger partial charge in [-0.3, -0.25) is 4.79 Å². The Morgan fingerprint density at radius 3 is 2.25 bits per heavy atom. The number of rotatable bonds is 4. The molecule has 1 unspecified atom stereocenters. The quantitative estimate of drug-likeness (QED) is 0.894. The Labute approximate surface area is 104 Å². The molecule has 1 aromatic rings. The van der Waals surface area contributed by atoms with Gasteiger partial charge in [0, 0.05) is 10.5 Å². The third-order valence-corrected chi connectivity index (χ3v) is 3.29. The Morgan fingerprint density at radius 2 is 1.88 bits per heavy atom. The maximum atomic E-state index is 11.2. The van der Waals surface area contributed by atoms with Crippen LogP contribution < -0.4 is 5.32 Å². The van der Waals surface area contributed by atoms with Gasteiger partial charge in [0.25, 0.3) is 0 Å². The minimum atomic E-state index is -0.845. The van der Waals surface area contributed by atoms with Crippen LogP contribution in [0.25, 0.3) is 0 Å². The van der Waals surface area contributed by atoms with E-state index in [-0.39, 0.29) is 6.04 Å². The number of nitrogens with one attached hydrogen (secondary N) is 1. The van der Waals surface area contributed by atoms with E-state index >= 15 is 0 Å². The number of carboxylic acids is 1. The topological polar surface area (TPSA) is 49.3 Å². The summed E-state index contributed by atoms with van der Waals surface area (Å²) in [6, 6.07) is 7.47. The number of benzene rings is 1. The minimum absolute atomic E-state index is 0.210. The number of carbonyl (C=O) groups is 1. The van der Waals surface area contributed by atoms with Crippen LogP contribution in [0.4, 0.5) is 0 Å². The molecule has 16 heavy (non-hydrogen) atoms. The Balaban J connectivity index is 3.07. The van der Waals surface area contributed by atoms with Gasteiger partial charge in [-0.25, -0.2) is 0 Å². The van der Waals surface area contributed by atoms with Crippen LogP contribution in [0.5, 0.6) is 0 Å². The van der Waals surface area contributed by atoms with Crippen molar-refractivity contribution >= 4 is 21.9 Å². The van der Waals surface area contributed by atoms with Crippen molar-refractivity contribution in [3.63, 3.8) is 0 Å². The molecule has 0 radical (unpaired) electrons. The zero-order valence-corrected chi connectivity index (χ0v) is 11.2. The summed E-state index contributed by atoms with van der Waals surface area (Å²) in [5.74, 6) is -0.810. The zero-order valence-electron chi connectivity index (χ0n) is 9.62. The number of halogens is 1. The van der Waals surface area contributed by atoms with E-state index in [1.54, 1.807) is 20.9 Å². The van der Waals surface area contributed by atoms with E-state index in [2.05, 4.69) is 21.2 Å². The third kappa shape index (κ3) is 2.62. The molecule has 2 N–H and O–H groups in total. The lowest BCUT2D eigenvalue weighted by Gasteiger charge is -2.30. The van der Waals surface area contributed by atoms with Crippen molar-refractivity contribution in [2.75, 3.05) is 7.05 Å². The first-order valence-corrected chi connectivity index (χ1v) is 5.85. The van der Waals surface area contributed by atoms with Gasteiger partial charge in [-0.2, -0.15) is 0 Å². The van der Waals surface area contributed by atoms with Gasteiger partial charge in [0.05, 0.1) is 5.41 Å². The maximum absolute atomic E-state index is 11.2. The molecule has 0 aliphatic heterocycles.